The van der Waals surface area contributed by atoms with E-state index in [4.69, 9.17) is 4.28 Å². The van der Waals surface area contributed by atoms with E-state index in [0.29, 0.717) is 11.0 Å². The third kappa shape index (κ3) is 2.06. The SMILES string of the molecule is C=CCS(=O)(=O)On1cnc2ccccc21. The Morgan fingerprint density at radius 3 is 2.94 bits per heavy atom. The Balaban J connectivity index is 2.38. The van der Waals surface area contributed by atoms with Crippen LogP contribution in [0, 0.1) is 0 Å². The number of para-hydroxylation sites is 2. The first kappa shape index (κ1) is 10.7. The Bertz CT molecular complexity index is 616. The van der Waals surface area contributed by atoms with Crippen molar-refractivity contribution in [3.63, 3.8) is 0 Å². The zero-order valence-electron chi connectivity index (χ0n) is 8.41. The molecular weight excluding hydrogens is 228 g/mol. The van der Waals surface area contributed by atoms with Crippen LogP contribution in [0.3, 0.4) is 0 Å². The van der Waals surface area contributed by atoms with E-state index in [-0.39, 0.29) is 5.75 Å². The fourth-order valence-corrected chi connectivity index (χ4v) is 2.01. The summed E-state index contributed by atoms with van der Waals surface area (Å²) in [7, 11) is -3.64. The molecule has 0 aliphatic rings. The van der Waals surface area contributed by atoms with Crippen molar-refractivity contribution >= 4 is 21.2 Å². The van der Waals surface area contributed by atoms with Gasteiger partial charge in [0.05, 0.1) is 5.52 Å². The zero-order chi connectivity index (χ0) is 11.6. The summed E-state index contributed by atoms with van der Waals surface area (Å²) in [5.41, 5.74) is 1.28. The highest BCUT2D eigenvalue weighted by molar-refractivity contribution is 7.87. The molecule has 0 atom stereocenters. The number of hydrogen-bond donors (Lipinski definition) is 0. The molecule has 6 heteroatoms. The lowest BCUT2D eigenvalue weighted by Gasteiger charge is -2.04. The maximum Gasteiger partial charge on any atom is 0.330 e. The van der Waals surface area contributed by atoms with Crippen LogP contribution in [0.1, 0.15) is 0 Å². The van der Waals surface area contributed by atoms with Gasteiger partial charge in [-0.05, 0) is 12.1 Å². The summed E-state index contributed by atoms with van der Waals surface area (Å²) in [6.07, 6.45) is 2.60. The molecule has 0 fully saturated rings. The van der Waals surface area contributed by atoms with Crippen molar-refractivity contribution < 1.29 is 12.7 Å². The van der Waals surface area contributed by atoms with Gasteiger partial charge in [0.25, 0.3) is 0 Å². The number of fused-ring (bicyclic) bond motifs is 1. The van der Waals surface area contributed by atoms with Crippen molar-refractivity contribution in [2.45, 2.75) is 0 Å². The van der Waals surface area contributed by atoms with E-state index >= 15 is 0 Å². The van der Waals surface area contributed by atoms with Crippen LogP contribution in [0.2, 0.25) is 0 Å². The molecule has 84 valence electrons. The van der Waals surface area contributed by atoms with E-state index in [1.54, 1.807) is 18.2 Å². The Morgan fingerprint density at radius 2 is 2.19 bits per heavy atom. The van der Waals surface area contributed by atoms with Crippen molar-refractivity contribution in [3.8, 4) is 0 Å². The van der Waals surface area contributed by atoms with Gasteiger partial charge in [-0.15, -0.1) is 6.58 Å². The van der Waals surface area contributed by atoms with Crippen LogP contribution >= 0.6 is 0 Å². The second-order valence-electron chi connectivity index (χ2n) is 3.15. The Morgan fingerprint density at radius 1 is 1.44 bits per heavy atom. The Hall–Kier alpha value is -1.82. The third-order valence-electron chi connectivity index (χ3n) is 1.94. The monoisotopic (exact) mass is 238 g/mol. The molecule has 0 saturated carbocycles. The molecular formula is C10H10N2O3S. The van der Waals surface area contributed by atoms with E-state index in [1.807, 2.05) is 6.07 Å². The van der Waals surface area contributed by atoms with Crippen molar-refractivity contribution in [2.75, 3.05) is 5.75 Å². The average molecular weight is 238 g/mol. The smallest absolute Gasteiger partial charge is 0.286 e. The molecule has 2 aromatic rings. The first-order chi connectivity index (χ1) is 7.62. The van der Waals surface area contributed by atoms with E-state index in [0.717, 1.165) is 4.73 Å². The van der Waals surface area contributed by atoms with Crippen LogP contribution in [0.4, 0.5) is 0 Å². The molecule has 0 unspecified atom stereocenters. The number of benzene rings is 1. The minimum atomic E-state index is -3.64. The maximum absolute atomic E-state index is 11.4. The van der Waals surface area contributed by atoms with E-state index in [9.17, 15) is 8.42 Å². The molecule has 0 bridgehead atoms. The van der Waals surface area contributed by atoms with Gasteiger partial charge in [0, 0.05) is 0 Å². The third-order valence-corrected chi connectivity index (χ3v) is 2.97. The number of hydrogen-bond acceptors (Lipinski definition) is 4. The molecule has 0 N–H and O–H groups in total. The second-order valence-corrected chi connectivity index (χ2v) is 4.74. The summed E-state index contributed by atoms with van der Waals surface area (Å²) >= 11 is 0. The van der Waals surface area contributed by atoms with Gasteiger partial charge >= 0.3 is 10.1 Å². The van der Waals surface area contributed by atoms with Gasteiger partial charge in [0.1, 0.15) is 17.6 Å². The number of aromatic nitrogens is 2. The van der Waals surface area contributed by atoms with Crippen molar-refractivity contribution in [2.24, 2.45) is 0 Å². The highest BCUT2D eigenvalue weighted by Crippen LogP contribution is 2.10. The first-order valence-electron chi connectivity index (χ1n) is 4.58. The normalized spacial score (nSPS) is 11.5. The van der Waals surface area contributed by atoms with Crippen molar-refractivity contribution in [3.05, 3.63) is 43.2 Å². The van der Waals surface area contributed by atoms with Gasteiger partial charge in [-0.25, -0.2) is 4.98 Å². The molecule has 0 spiro atoms. The van der Waals surface area contributed by atoms with Crippen molar-refractivity contribution in [1.29, 1.82) is 0 Å². The van der Waals surface area contributed by atoms with E-state index in [2.05, 4.69) is 11.6 Å². The second kappa shape index (κ2) is 3.97. The molecule has 1 aromatic carbocycles. The molecule has 1 aromatic heterocycles. The van der Waals surface area contributed by atoms with Crippen LogP contribution < -0.4 is 4.28 Å². The molecule has 0 aliphatic carbocycles. The predicted octanol–water partition coefficient (Wildman–Crippen LogP) is 0.981. The van der Waals surface area contributed by atoms with E-state index in [1.165, 1.54) is 12.4 Å². The van der Waals surface area contributed by atoms with Gasteiger partial charge < -0.3 is 0 Å². The van der Waals surface area contributed by atoms with Gasteiger partial charge in [0.15, 0.2) is 0 Å². The minimum Gasteiger partial charge on any atom is -0.286 e. The number of rotatable bonds is 4. The van der Waals surface area contributed by atoms with E-state index < -0.39 is 10.1 Å². The highest BCUT2D eigenvalue weighted by Gasteiger charge is 2.12. The molecule has 0 radical (unpaired) electrons. The zero-order valence-corrected chi connectivity index (χ0v) is 9.22. The summed E-state index contributed by atoms with van der Waals surface area (Å²) in [4.78, 5) is 4.01. The summed E-state index contributed by atoms with van der Waals surface area (Å²) in [6, 6.07) is 7.10. The topological polar surface area (TPSA) is 61.2 Å². The Labute approximate surface area is 93.1 Å². The number of nitrogens with zero attached hydrogens (tertiary/aromatic N) is 2. The average Bonchev–Trinajstić information content (AvgIpc) is 2.61. The first-order valence-corrected chi connectivity index (χ1v) is 6.16. The summed E-state index contributed by atoms with van der Waals surface area (Å²) in [6.45, 7) is 3.35. The lowest BCUT2D eigenvalue weighted by Crippen LogP contribution is -2.21. The van der Waals surface area contributed by atoms with Gasteiger partial charge in [-0.2, -0.15) is 13.1 Å². The Kier molecular flexibility index (Phi) is 2.66. The van der Waals surface area contributed by atoms with Gasteiger partial charge in [0.2, 0.25) is 0 Å². The standard InChI is InChI=1S/C10H10N2O3S/c1-2-7-16(13,14)15-12-8-11-9-5-3-4-6-10(9)12/h2-6,8H,1,7H2. The fourth-order valence-electron chi connectivity index (χ4n) is 1.29. The van der Waals surface area contributed by atoms with Crippen LogP contribution in [0.15, 0.2) is 43.2 Å². The predicted molar refractivity (Wildman–Crippen MR) is 60.3 cm³/mol. The van der Waals surface area contributed by atoms with Crippen LogP contribution in [0.5, 0.6) is 0 Å². The summed E-state index contributed by atoms with van der Waals surface area (Å²) in [5, 5.41) is 0. The van der Waals surface area contributed by atoms with Gasteiger partial charge in [-0.1, -0.05) is 18.2 Å². The fraction of sp³-hybridized carbons (Fsp3) is 0.100. The molecule has 1 heterocycles. The molecule has 0 amide bonds. The molecule has 2 rings (SSSR count). The number of imidazole rings is 1. The molecule has 0 saturated heterocycles. The van der Waals surface area contributed by atoms with Crippen LogP contribution in [-0.4, -0.2) is 23.9 Å². The molecule has 5 nitrogen and oxygen atoms in total. The van der Waals surface area contributed by atoms with Gasteiger partial charge in [-0.3, -0.25) is 4.28 Å². The minimum absolute atomic E-state index is 0.237. The summed E-state index contributed by atoms with van der Waals surface area (Å²) in [5.74, 6) is -0.237. The maximum atomic E-state index is 11.4. The lowest BCUT2D eigenvalue weighted by atomic mass is 10.3. The largest absolute Gasteiger partial charge is 0.330 e. The van der Waals surface area contributed by atoms with Crippen molar-refractivity contribution in [1.82, 2.24) is 9.71 Å². The molecule has 0 aliphatic heterocycles. The lowest BCUT2D eigenvalue weighted by molar-refractivity contribution is 0.292. The van der Waals surface area contributed by atoms with Crippen LogP contribution in [-0.2, 0) is 10.1 Å². The quantitative estimate of drug-likeness (QED) is 0.745. The summed E-state index contributed by atoms with van der Waals surface area (Å²) < 4.78 is 28.8. The highest BCUT2D eigenvalue weighted by atomic mass is 32.2. The van der Waals surface area contributed by atoms with Crippen LogP contribution in [0.25, 0.3) is 11.0 Å². The molecule has 16 heavy (non-hydrogen) atoms.